The summed E-state index contributed by atoms with van der Waals surface area (Å²) in [5.74, 6) is -0.571. The fourth-order valence-electron chi connectivity index (χ4n) is 2.13. The molecule has 1 heterocycles. The Morgan fingerprint density at radius 1 is 1.43 bits per heavy atom. The molecule has 2 N–H and O–H groups in total. The first-order chi connectivity index (χ1) is 10.2. The molecule has 0 saturated heterocycles. The molecule has 0 aliphatic heterocycles. The average Bonchev–Trinajstić information content (AvgIpc) is 3.18. The molecule has 3 rings (SSSR count). The lowest BCUT2D eigenvalue weighted by atomic mass is 10.2. The Kier molecular flexibility index (Phi) is 3.70. The summed E-state index contributed by atoms with van der Waals surface area (Å²) in [6, 6.07) is 6.97. The topological polar surface area (TPSA) is 59.0 Å². The van der Waals surface area contributed by atoms with E-state index in [1.54, 1.807) is 19.3 Å². The van der Waals surface area contributed by atoms with Crippen molar-refractivity contribution in [1.29, 1.82) is 0 Å². The monoisotopic (exact) mass is 288 g/mol. The van der Waals surface area contributed by atoms with Crippen molar-refractivity contribution in [3.05, 3.63) is 47.5 Å². The number of nitrogens with one attached hydrogen (secondary N) is 2. The molecular weight excluding hydrogens is 271 g/mol. The number of hydrogen-bond donors (Lipinski definition) is 2. The van der Waals surface area contributed by atoms with Crippen molar-refractivity contribution in [2.75, 3.05) is 7.05 Å². The molecule has 1 amide bonds. The highest BCUT2D eigenvalue weighted by atomic mass is 19.1. The molecule has 21 heavy (non-hydrogen) atoms. The summed E-state index contributed by atoms with van der Waals surface area (Å²) in [6.07, 6.45) is 4.03. The zero-order valence-corrected chi connectivity index (χ0v) is 11.8. The van der Waals surface area contributed by atoms with E-state index in [0.29, 0.717) is 24.0 Å². The number of rotatable bonds is 5. The molecule has 1 aromatic carbocycles. The van der Waals surface area contributed by atoms with E-state index in [9.17, 15) is 9.18 Å². The molecule has 1 aromatic heterocycles. The molecule has 0 spiro atoms. The number of carbonyl (C=O) groups excluding carboxylic acids is 1. The van der Waals surface area contributed by atoms with Gasteiger partial charge in [-0.2, -0.15) is 5.10 Å². The zero-order chi connectivity index (χ0) is 14.8. The molecule has 1 fully saturated rings. The van der Waals surface area contributed by atoms with Crippen LogP contribution in [0.25, 0.3) is 5.69 Å². The number of amides is 1. The summed E-state index contributed by atoms with van der Waals surface area (Å²) < 4.78 is 15.2. The number of nitrogens with zero attached hydrogens (tertiary/aromatic N) is 2. The zero-order valence-electron chi connectivity index (χ0n) is 11.8. The molecule has 0 bridgehead atoms. The minimum atomic E-state index is -0.308. The highest BCUT2D eigenvalue weighted by Crippen LogP contribution is 2.20. The second-order valence-corrected chi connectivity index (χ2v) is 5.20. The molecule has 5 nitrogen and oxygen atoms in total. The van der Waals surface area contributed by atoms with Gasteiger partial charge in [-0.1, -0.05) is 0 Å². The molecular formula is C15H17FN4O. The first-order valence-corrected chi connectivity index (χ1v) is 6.96. The van der Waals surface area contributed by atoms with Crippen LogP contribution in [0.3, 0.4) is 0 Å². The van der Waals surface area contributed by atoms with E-state index in [1.165, 1.54) is 29.7 Å². The summed E-state index contributed by atoms with van der Waals surface area (Å²) in [4.78, 5) is 11.5. The normalized spacial score (nSPS) is 14.2. The van der Waals surface area contributed by atoms with E-state index in [1.807, 2.05) is 6.07 Å². The Labute approximate surface area is 122 Å². The molecule has 1 aliphatic carbocycles. The van der Waals surface area contributed by atoms with Crippen LogP contribution in [0.2, 0.25) is 0 Å². The largest absolute Gasteiger partial charge is 0.354 e. The van der Waals surface area contributed by atoms with E-state index in [-0.39, 0.29) is 11.7 Å². The van der Waals surface area contributed by atoms with Gasteiger partial charge < -0.3 is 10.6 Å². The maximum Gasteiger partial charge on any atom is 0.271 e. The fourth-order valence-corrected chi connectivity index (χ4v) is 2.13. The SMILES string of the molecule is CNC(=O)c1ccn(-c2cc(F)cc(CNC3CC3)c2)n1. The predicted octanol–water partition coefficient (Wildman–Crippen LogP) is 1.62. The molecule has 0 radical (unpaired) electrons. The van der Waals surface area contributed by atoms with Gasteiger partial charge in [0.15, 0.2) is 5.69 Å². The van der Waals surface area contributed by atoms with Crippen LogP contribution in [0.1, 0.15) is 28.9 Å². The van der Waals surface area contributed by atoms with E-state index in [2.05, 4.69) is 15.7 Å². The highest BCUT2D eigenvalue weighted by Gasteiger charge is 2.20. The van der Waals surface area contributed by atoms with Crippen molar-refractivity contribution in [3.8, 4) is 5.69 Å². The maximum atomic E-state index is 13.7. The Bertz CT molecular complexity index is 663. The van der Waals surface area contributed by atoms with Crippen molar-refractivity contribution in [1.82, 2.24) is 20.4 Å². The van der Waals surface area contributed by atoms with Crippen molar-refractivity contribution >= 4 is 5.91 Å². The van der Waals surface area contributed by atoms with Crippen LogP contribution in [-0.2, 0) is 6.54 Å². The summed E-state index contributed by atoms with van der Waals surface area (Å²) in [5, 5.41) is 10.0. The highest BCUT2D eigenvalue weighted by molar-refractivity contribution is 5.91. The quantitative estimate of drug-likeness (QED) is 0.879. The molecule has 1 aliphatic rings. The fraction of sp³-hybridized carbons (Fsp3) is 0.333. The molecule has 0 atom stereocenters. The molecule has 1 saturated carbocycles. The number of benzene rings is 1. The number of hydrogen-bond acceptors (Lipinski definition) is 3. The van der Waals surface area contributed by atoms with Crippen LogP contribution >= 0.6 is 0 Å². The third-order valence-corrected chi connectivity index (χ3v) is 3.43. The van der Waals surface area contributed by atoms with Crippen molar-refractivity contribution in [2.45, 2.75) is 25.4 Å². The van der Waals surface area contributed by atoms with Crippen molar-refractivity contribution in [2.24, 2.45) is 0 Å². The van der Waals surface area contributed by atoms with Crippen LogP contribution in [0.5, 0.6) is 0 Å². The van der Waals surface area contributed by atoms with Crippen LogP contribution in [0.4, 0.5) is 4.39 Å². The van der Waals surface area contributed by atoms with Gasteiger partial charge in [0.05, 0.1) is 5.69 Å². The second kappa shape index (κ2) is 5.65. The van der Waals surface area contributed by atoms with E-state index in [4.69, 9.17) is 0 Å². The standard InChI is InChI=1S/C15H17FN4O/c1-17-15(21)14-4-5-20(19-14)13-7-10(6-11(16)8-13)9-18-12-2-3-12/h4-8,12,18H,2-3,9H2,1H3,(H,17,21). The van der Waals surface area contributed by atoms with E-state index < -0.39 is 0 Å². The number of carbonyl (C=O) groups is 1. The predicted molar refractivity (Wildman–Crippen MR) is 76.8 cm³/mol. The molecule has 6 heteroatoms. The summed E-state index contributed by atoms with van der Waals surface area (Å²) in [5.41, 5.74) is 1.78. The van der Waals surface area contributed by atoms with E-state index >= 15 is 0 Å². The lowest BCUT2D eigenvalue weighted by Crippen LogP contribution is -2.18. The number of halogens is 1. The van der Waals surface area contributed by atoms with E-state index in [0.717, 1.165) is 5.56 Å². The average molecular weight is 288 g/mol. The Hall–Kier alpha value is -2.21. The summed E-state index contributed by atoms with van der Waals surface area (Å²) in [7, 11) is 1.55. The maximum absolute atomic E-state index is 13.7. The smallest absolute Gasteiger partial charge is 0.271 e. The van der Waals surface area contributed by atoms with Crippen LogP contribution in [-0.4, -0.2) is 28.8 Å². The second-order valence-electron chi connectivity index (χ2n) is 5.20. The van der Waals surface area contributed by atoms with Crippen LogP contribution in [0, 0.1) is 5.82 Å². The Morgan fingerprint density at radius 2 is 2.24 bits per heavy atom. The van der Waals surface area contributed by atoms with Gasteiger partial charge in [-0.05, 0) is 42.7 Å². The number of aromatic nitrogens is 2. The first kappa shape index (κ1) is 13.8. The summed E-state index contributed by atoms with van der Waals surface area (Å²) in [6.45, 7) is 0.638. The van der Waals surface area contributed by atoms with Crippen molar-refractivity contribution in [3.63, 3.8) is 0 Å². The van der Waals surface area contributed by atoms with Gasteiger partial charge in [0.25, 0.3) is 5.91 Å². The van der Waals surface area contributed by atoms with Gasteiger partial charge in [0.2, 0.25) is 0 Å². The van der Waals surface area contributed by atoms with Gasteiger partial charge in [-0.15, -0.1) is 0 Å². The molecule has 110 valence electrons. The minimum absolute atomic E-state index is 0.263. The van der Waals surface area contributed by atoms with Gasteiger partial charge >= 0.3 is 0 Å². The van der Waals surface area contributed by atoms with Crippen LogP contribution < -0.4 is 10.6 Å². The van der Waals surface area contributed by atoms with Gasteiger partial charge in [-0.3, -0.25) is 4.79 Å². The molecule has 0 unspecified atom stereocenters. The van der Waals surface area contributed by atoms with Gasteiger partial charge in [0.1, 0.15) is 5.82 Å². The van der Waals surface area contributed by atoms with Crippen molar-refractivity contribution < 1.29 is 9.18 Å². The minimum Gasteiger partial charge on any atom is -0.354 e. The van der Waals surface area contributed by atoms with Gasteiger partial charge in [0, 0.05) is 25.8 Å². The first-order valence-electron chi connectivity index (χ1n) is 6.96. The Balaban J connectivity index is 1.82. The lowest BCUT2D eigenvalue weighted by molar-refractivity contribution is 0.0957. The lowest BCUT2D eigenvalue weighted by Gasteiger charge is -2.07. The third kappa shape index (κ3) is 3.28. The third-order valence-electron chi connectivity index (χ3n) is 3.43. The van der Waals surface area contributed by atoms with Crippen LogP contribution in [0.15, 0.2) is 30.5 Å². The Morgan fingerprint density at radius 3 is 2.95 bits per heavy atom. The molecule has 2 aromatic rings. The summed E-state index contributed by atoms with van der Waals surface area (Å²) >= 11 is 0. The van der Waals surface area contributed by atoms with Gasteiger partial charge in [-0.25, -0.2) is 9.07 Å².